The molecule has 5 nitrogen and oxygen atoms in total. The van der Waals surface area contributed by atoms with Crippen LogP contribution in [0, 0.1) is 0 Å². The zero-order valence-electron chi connectivity index (χ0n) is 14.5. The minimum absolute atomic E-state index is 0.246. The van der Waals surface area contributed by atoms with Gasteiger partial charge in [0.2, 0.25) is 0 Å². The molecule has 0 saturated carbocycles. The summed E-state index contributed by atoms with van der Waals surface area (Å²) in [6, 6.07) is 16.2. The van der Waals surface area contributed by atoms with Gasteiger partial charge in [0.1, 0.15) is 5.41 Å². The van der Waals surface area contributed by atoms with Gasteiger partial charge in [-0.1, -0.05) is 42.5 Å². The zero-order chi connectivity index (χ0) is 18.3. The lowest BCUT2D eigenvalue weighted by Crippen LogP contribution is -2.43. The molecule has 132 valence electrons. The van der Waals surface area contributed by atoms with Crippen molar-refractivity contribution in [1.82, 2.24) is 5.32 Å². The average Bonchev–Trinajstić information content (AvgIpc) is 2.62. The number of carboxylic acids is 1. The van der Waals surface area contributed by atoms with Crippen LogP contribution in [-0.4, -0.2) is 30.2 Å². The van der Waals surface area contributed by atoms with Crippen molar-refractivity contribution in [3.8, 4) is 0 Å². The summed E-state index contributed by atoms with van der Waals surface area (Å²) in [6.45, 7) is 4.80. The summed E-state index contributed by atoms with van der Waals surface area (Å²) < 4.78 is 5.26. The Balaban J connectivity index is 2.11. The molecule has 0 aromatic heterocycles. The molecule has 1 atom stereocenters. The number of carboxylic acid groups (broad SMARTS) is 1. The summed E-state index contributed by atoms with van der Waals surface area (Å²) in [4.78, 5) is 23.6. The van der Waals surface area contributed by atoms with Crippen molar-refractivity contribution in [2.45, 2.75) is 25.8 Å². The first kappa shape index (κ1) is 18.7. The van der Waals surface area contributed by atoms with Crippen LogP contribution < -0.4 is 5.32 Å². The number of hydrogen-bond donors (Lipinski definition) is 2. The summed E-state index contributed by atoms with van der Waals surface area (Å²) in [5, 5.41) is 12.3. The quantitative estimate of drug-likeness (QED) is 0.722. The maximum absolute atomic E-state index is 12.5. The minimum atomic E-state index is -0.956. The van der Waals surface area contributed by atoms with Crippen molar-refractivity contribution < 1.29 is 19.4 Å². The largest absolute Gasteiger partial charge is 0.478 e. The van der Waals surface area contributed by atoms with Crippen molar-refractivity contribution in [2.24, 2.45) is 0 Å². The van der Waals surface area contributed by atoms with E-state index in [1.54, 1.807) is 25.1 Å². The summed E-state index contributed by atoms with van der Waals surface area (Å²) in [5.41, 5.74) is 1.15. The molecule has 2 rings (SSSR count). The molecule has 0 saturated heterocycles. The molecule has 0 spiro atoms. The lowest BCUT2D eigenvalue weighted by molar-refractivity contribution is -0.149. The van der Waals surface area contributed by atoms with Crippen molar-refractivity contribution in [2.75, 3.05) is 13.2 Å². The van der Waals surface area contributed by atoms with E-state index in [0.717, 1.165) is 11.1 Å². The molecule has 1 unspecified atom stereocenters. The van der Waals surface area contributed by atoms with E-state index in [1.807, 2.05) is 43.3 Å². The van der Waals surface area contributed by atoms with E-state index >= 15 is 0 Å². The summed E-state index contributed by atoms with van der Waals surface area (Å²) in [7, 11) is 0. The highest BCUT2D eigenvalue weighted by Crippen LogP contribution is 2.25. The molecule has 0 aliphatic heterocycles. The molecule has 25 heavy (non-hydrogen) atoms. The first-order valence-electron chi connectivity index (χ1n) is 8.23. The van der Waals surface area contributed by atoms with Crippen LogP contribution in [-0.2, 0) is 21.5 Å². The Hall–Kier alpha value is -2.66. The number of nitrogens with one attached hydrogen (secondary N) is 1. The Morgan fingerprint density at radius 2 is 1.84 bits per heavy atom. The third-order valence-electron chi connectivity index (χ3n) is 4.12. The fourth-order valence-electron chi connectivity index (χ4n) is 2.66. The van der Waals surface area contributed by atoms with E-state index < -0.39 is 11.4 Å². The van der Waals surface area contributed by atoms with E-state index in [9.17, 15) is 9.59 Å². The predicted octanol–water partition coefficient (Wildman–Crippen LogP) is 3.00. The Labute approximate surface area is 147 Å². The third-order valence-corrected chi connectivity index (χ3v) is 4.12. The minimum Gasteiger partial charge on any atom is -0.478 e. The number of hydrogen-bond acceptors (Lipinski definition) is 4. The van der Waals surface area contributed by atoms with E-state index in [4.69, 9.17) is 9.84 Å². The Bertz CT molecular complexity index is 729. The van der Waals surface area contributed by atoms with Gasteiger partial charge in [0.25, 0.3) is 0 Å². The van der Waals surface area contributed by atoms with Gasteiger partial charge in [-0.3, -0.25) is 4.79 Å². The normalized spacial score (nSPS) is 13.0. The number of ether oxygens (including phenoxy) is 1. The van der Waals surface area contributed by atoms with Gasteiger partial charge in [-0.25, -0.2) is 4.79 Å². The first-order valence-corrected chi connectivity index (χ1v) is 8.23. The second-order valence-electron chi connectivity index (χ2n) is 6.03. The third kappa shape index (κ3) is 4.67. The molecule has 2 N–H and O–H groups in total. The highest BCUT2D eigenvalue weighted by atomic mass is 16.5. The number of aromatic carboxylic acids is 1. The Kier molecular flexibility index (Phi) is 6.31. The van der Waals surface area contributed by atoms with E-state index in [-0.39, 0.29) is 11.5 Å². The molecule has 0 amide bonds. The van der Waals surface area contributed by atoms with Gasteiger partial charge in [0.05, 0.1) is 12.2 Å². The van der Waals surface area contributed by atoms with Crippen molar-refractivity contribution in [3.05, 3.63) is 71.3 Å². The van der Waals surface area contributed by atoms with Crippen LogP contribution in [0.4, 0.5) is 0 Å². The molecule has 5 heteroatoms. The maximum atomic E-state index is 12.5. The van der Waals surface area contributed by atoms with E-state index in [2.05, 4.69) is 5.32 Å². The van der Waals surface area contributed by atoms with Gasteiger partial charge < -0.3 is 15.2 Å². The number of benzene rings is 2. The molecular formula is C20H23NO4. The Morgan fingerprint density at radius 1 is 1.12 bits per heavy atom. The van der Waals surface area contributed by atoms with Gasteiger partial charge in [-0.15, -0.1) is 0 Å². The second kappa shape index (κ2) is 8.44. The van der Waals surface area contributed by atoms with Gasteiger partial charge in [0.15, 0.2) is 0 Å². The lowest BCUT2D eigenvalue weighted by atomic mass is 9.82. The SMILES string of the molecule is CCOC(=O)C(C)(CNCc1cccc(C(=O)O)c1)c1ccccc1. The van der Waals surface area contributed by atoms with Crippen LogP contribution in [0.15, 0.2) is 54.6 Å². The van der Waals surface area contributed by atoms with Crippen LogP contribution in [0.3, 0.4) is 0 Å². The van der Waals surface area contributed by atoms with Crippen LogP contribution in [0.1, 0.15) is 35.3 Å². The summed E-state index contributed by atoms with van der Waals surface area (Å²) in [5.74, 6) is -1.24. The van der Waals surface area contributed by atoms with Crippen LogP contribution in [0.25, 0.3) is 0 Å². The zero-order valence-corrected chi connectivity index (χ0v) is 14.5. The van der Waals surface area contributed by atoms with Crippen molar-refractivity contribution in [3.63, 3.8) is 0 Å². The Morgan fingerprint density at radius 3 is 2.48 bits per heavy atom. The van der Waals surface area contributed by atoms with Crippen LogP contribution >= 0.6 is 0 Å². The molecule has 0 aliphatic carbocycles. The van der Waals surface area contributed by atoms with Crippen molar-refractivity contribution in [1.29, 1.82) is 0 Å². The summed E-state index contributed by atoms with van der Waals surface area (Å²) >= 11 is 0. The number of esters is 1. The number of rotatable bonds is 8. The molecule has 0 fully saturated rings. The fourth-order valence-corrected chi connectivity index (χ4v) is 2.66. The monoisotopic (exact) mass is 341 g/mol. The van der Waals surface area contributed by atoms with Gasteiger partial charge in [-0.05, 0) is 37.1 Å². The first-order chi connectivity index (χ1) is 12.0. The molecule has 0 radical (unpaired) electrons. The van der Waals surface area contributed by atoms with Crippen LogP contribution in [0.2, 0.25) is 0 Å². The predicted molar refractivity (Wildman–Crippen MR) is 95.5 cm³/mol. The van der Waals surface area contributed by atoms with Crippen LogP contribution in [0.5, 0.6) is 0 Å². The molecule has 2 aromatic carbocycles. The number of carbonyl (C=O) groups excluding carboxylic acids is 1. The smallest absolute Gasteiger partial charge is 0.335 e. The van der Waals surface area contributed by atoms with E-state index in [0.29, 0.717) is 19.7 Å². The van der Waals surface area contributed by atoms with Gasteiger partial charge in [-0.2, -0.15) is 0 Å². The van der Waals surface area contributed by atoms with Gasteiger partial charge >= 0.3 is 11.9 Å². The lowest BCUT2D eigenvalue weighted by Gasteiger charge is -2.28. The molecule has 0 heterocycles. The average molecular weight is 341 g/mol. The molecule has 0 bridgehead atoms. The van der Waals surface area contributed by atoms with Crippen molar-refractivity contribution >= 4 is 11.9 Å². The molecule has 2 aromatic rings. The number of carbonyl (C=O) groups is 2. The topological polar surface area (TPSA) is 75.6 Å². The highest BCUT2D eigenvalue weighted by Gasteiger charge is 2.36. The second-order valence-corrected chi connectivity index (χ2v) is 6.03. The fraction of sp³-hybridized carbons (Fsp3) is 0.300. The molecular weight excluding hydrogens is 318 g/mol. The van der Waals surface area contributed by atoms with E-state index in [1.165, 1.54) is 0 Å². The highest BCUT2D eigenvalue weighted by molar-refractivity contribution is 5.87. The standard InChI is InChI=1S/C20H23NO4/c1-3-25-19(24)20(2,17-10-5-4-6-11-17)14-21-13-15-8-7-9-16(12-15)18(22)23/h4-12,21H,3,13-14H2,1-2H3,(H,22,23). The summed E-state index contributed by atoms with van der Waals surface area (Å²) in [6.07, 6.45) is 0. The maximum Gasteiger partial charge on any atom is 0.335 e. The molecule has 0 aliphatic rings. The van der Waals surface area contributed by atoms with Gasteiger partial charge in [0, 0.05) is 13.1 Å².